The average Bonchev–Trinajstić information content (AvgIpc) is 3.84. The number of carbonyl (C=O) groups is 1. The van der Waals surface area contributed by atoms with Gasteiger partial charge in [0, 0.05) is 18.4 Å². The molecule has 1 aliphatic heterocycles. The Morgan fingerprint density at radius 2 is 1.17 bits per heavy atom. The number of thiocarbonyl (C=S) groups is 1. The van der Waals surface area contributed by atoms with Gasteiger partial charge in [-0.1, -0.05) is 5.21 Å². The summed E-state index contributed by atoms with van der Waals surface area (Å²) in [6, 6.07) is 6.51. The molecule has 2 aromatic carbocycles. The number of anilines is 1. The van der Waals surface area contributed by atoms with Gasteiger partial charge in [0.25, 0.3) is 0 Å². The maximum atomic E-state index is 13.6. The van der Waals surface area contributed by atoms with Crippen molar-refractivity contribution in [2.45, 2.75) is 69.4 Å². The average molecular weight is 1120 g/mol. The molecule has 0 aliphatic carbocycles. The second-order valence-electron chi connectivity index (χ2n) is 16.2. The van der Waals surface area contributed by atoms with Crippen LogP contribution in [0.25, 0.3) is 0 Å². The van der Waals surface area contributed by atoms with Crippen LogP contribution in [0.3, 0.4) is 0 Å². The van der Waals surface area contributed by atoms with Gasteiger partial charge in [0.15, 0.2) is 5.11 Å². The molecule has 2 heterocycles. The maximum Gasteiger partial charge on any atom is 0.325 e. The lowest BCUT2D eigenvalue weighted by molar-refractivity contribution is -0.272. The van der Waals surface area contributed by atoms with Crippen molar-refractivity contribution in [3.05, 3.63) is 65.2 Å². The molecule has 0 spiro atoms. The number of aromatic nitrogens is 3. The second-order valence-corrected chi connectivity index (χ2v) is 18.4. The molecule has 1 saturated heterocycles. The molecule has 5 atom stereocenters. The van der Waals surface area contributed by atoms with Crippen molar-refractivity contribution in [2.24, 2.45) is 0 Å². The molecule has 1 aromatic heterocycles. The summed E-state index contributed by atoms with van der Waals surface area (Å²) in [5.41, 5.74) is 1.51. The summed E-state index contributed by atoms with van der Waals surface area (Å²) in [5, 5.41) is 45.7. The van der Waals surface area contributed by atoms with E-state index in [4.69, 9.17) is 69.4 Å². The number of hydrogen-bond acceptors (Lipinski definition) is 19. The molecule has 1 fully saturated rings. The van der Waals surface area contributed by atoms with Crippen molar-refractivity contribution in [1.82, 2.24) is 20.3 Å². The molecule has 30 heteroatoms. The number of carbonyl (C=O) groups excluding carboxylic acids is 1. The first-order valence-corrected chi connectivity index (χ1v) is 26.0. The van der Waals surface area contributed by atoms with Crippen molar-refractivity contribution in [3.63, 3.8) is 0 Å². The fourth-order valence-electron chi connectivity index (χ4n) is 6.46. The summed E-state index contributed by atoms with van der Waals surface area (Å²) in [6.45, 7) is 5.97. The van der Waals surface area contributed by atoms with E-state index in [1.807, 2.05) is 6.20 Å². The van der Waals surface area contributed by atoms with Gasteiger partial charge in [-0.05, 0) is 62.2 Å². The molecular formula is C45H65F5N5O18PS. The van der Waals surface area contributed by atoms with Crippen LogP contribution in [0.5, 0.6) is 11.5 Å². The lowest BCUT2D eigenvalue weighted by Crippen LogP contribution is -2.59. The first-order chi connectivity index (χ1) is 36.0. The van der Waals surface area contributed by atoms with Crippen LogP contribution in [-0.4, -0.2) is 200 Å². The molecule has 0 bridgehead atoms. The van der Waals surface area contributed by atoms with E-state index in [-0.39, 0.29) is 45.2 Å². The predicted molar refractivity (Wildman–Crippen MR) is 255 cm³/mol. The van der Waals surface area contributed by atoms with Gasteiger partial charge in [-0.3, -0.25) is 9.36 Å². The number of aliphatic hydroxyl groups excluding tert-OH is 3. The van der Waals surface area contributed by atoms with E-state index in [0.29, 0.717) is 96.6 Å². The number of unbranched alkanes of at least 4 members (excludes halogenated alkanes) is 1. The Bertz CT molecular complexity index is 2150. The van der Waals surface area contributed by atoms with E-state index in [1.165, 1.54) is 0 Å². The van der Waals surface area contributed by atoms with Crippen LogP contribution in [0.2, 0.25) is 0 Å². The monoisotopic (exact) mass is 1120 g/mol. The summed E-state index contributed by atoms with van der Waals surface area (Å²) in [5.74, 6) is -13.9. The van der Waals surface area contributed by atoms with Crippen LogP contribution in [-0.2, 0) is 65.0 Å². The van der Waals surface area contributed by atoms with Crippen LogP contribution >= 0.6 is 19.8 Å². The van der Waals surface area contributed by atoms with E-state index >= 15 is 0 Å². The fraction of sp³-hybridized carbons (Fsp3) is 0.644. The molecular weight excluding hydrogens is 1060 g/mol. The third-order valence-corrected chi connectivity index (χ3v) is 11.5. The van der Waals surface area contributed by atoms with Crippen molar-refractivity contribution in [3.8, 4) is 11.5 Å². The van der Waals surface area contributed by atoms with Gasteiger partial charge in [0.05, 0.1) is 137 Å². The highest BCUT2D eigenvalue weighted by atomic mass is 32.1. The number of rotatable bonds is 39. The summed E-state index contributed by atoms with van der Waals surface area (Å²) in [7, 11) is -4.37. The number of halogens is 5. The van der Waals surface area contributed by atoms with Crippen molar-refractivity contribution in [2.75, 3.05) is 124 Å². The van der Waals surface area contributed by atoms with Crippen molar-refractivity contribution >= 4 is 36.6 Å². The number of esters is 1. The Hall–Kier alpha value is -4.14. The number of aliphatic hydroxyl groups is 3. The van der Waals surface area contributed by atoms with Crippen molar-refractivity contribution < 1.29 is 109 Å². The zero-order valence-corrected chi connectivity index (χ0v) is 42.6. The van der Waals surface area contributed by atoms with Gasteiger partial charge in [-0.2, -0.15) is 8.78 Å². The molecule has 3 aromatic rings. The van der Waals surface area contributed by atoms with Gasteiger partial charge in [0.1, 0.15) is 24.1 Å². The van der Waals surface area contributed by atoms with E-state index in [1.54, 1.807) is 28.9 Å². The first-order valence-electron chi connectivity index (χ1n) is 23.8. The van der Waals surface area contributed by atoms with Gasteiger partial charge >= 0.3 is 13.6 Å². The topological polar surface area (TPSA) is 292 Å². The van der Waals surface area contributed by atoms with E-state index < -0.39 is 91.7 Å². The minimum atomic E-state index is -4.37. The van der Waals surface area contributed by atoms with Gasteiger partial charge in [-0.15, -0.1) is 5.10 Å². The van der Waals surface area contributed by atoms with E-state index in [9.17, 15) is 46.6 Å². The summed E-state index contributed by atoms with van der Waals surface area (Å²) in [4.78, 5) is 30.0. The largest absolute Gasteiger partial charge is 0.462 e. The third kappa shape index (κ3) is 24.8. The quantitative estimate of drug-likeness (QED) is 0.00630. The van der Waals surface area contributed by atoms with Gasteiger partial charge in [0.2, 0.25) is 41.1 Å². The fourth-order valence-corrected chi connectivity index (χ4v) is 7.27. The highest BCUT2D eigenvalue weighted by Gasteiger charge is 2.45. The lowest BCUT2D eigenvalue weighted by atomic mass is 9.97. The standard InChI is InChI=1S/C45H65F5N5O18PS/c46-35-36(47)38(49)43(39(50)37(35)48)73-34(56)8-12-63-14-16-65-18-20-67-22-24-69-26-27-70-25-23-68-21-19-66-17-15-64-13-11-55-29-31(53-54-55)3-1-2-10-51-45(75)52-30-4-6-32(7-5-30)71-44-42(59)41(58)40(57)33(72-44)9-28-74(60,61)62/h4-7,29,33,40-42,44,57-59H,1-3,8-28H2,(H2,51,52,75)(H2,60,61,62)/t33-,40-,41+,42+,44+/m1/s1. The predicted octanol–water partition coefficient (Wildman–Crippen LogP) is 2.17. The van der Waals surface area contributed by atoms with Crippen LogP contribution in [0, 0.1) is 29.1 Å². The van der Waals surface area contributed by atoms with Crippen molar-refractivity contribution in [1.29, 1.82) is 0 Å². The number of ether oxygens (including phenoxy) is 11. The Balaban J connectivity index is 0.858. The van der Waals surface area contributed by atoms with E-state index in [2.05, 4.69) is 25.7 Å². The van der Waals surface area contributed by atoms with Crippen LogP contribution in [0.4, 0.5) is 27.6 Å². The molecule has 0 saturated carbocycles. The van der Waals surface area contributed by atoms with E-state index in [0.717, 1.165) is 25.0 Å². The first kappa shape index (κ1) is 63.4. The molecule has 0 unspecified atom stereocenters. The second kappa shape index (κ2) is 35.3. The summed E-state index contributed by atoms with van der Waals surface area (Å²) in [6.07, 6.45) is -4.38. The third-order valence-electron chi connectivity index (χ3n) is 10.4. The zero-order valence-electron chi connectivity index (χ0n) is 40.9. The Morgan fingerprint density at radius 3 is 1.69 bits per heavy atom. The molecule has 23 nitrogen and oxygen atoms in total. The number of hydrogen-bond donors (Lipinski definition) is 7. The highest BCUT2D eigenvalue weighted by molar-refractivity contribution is 7.80. The summed E-state index contributed by atoms with van der Waals surface area (Å²) < 4.78 is 139. The number of aryl methyl sites for hydroxylation is 1. The normalized spacial score (nSPS) is 17.8. The summed E-state index contributed by atoms with van der Waals surface area (Å²) >= 11 is 5.40. The number of nitrogens with one attached hydrogen (secondary N) is 2. The van der Waals surface area contributed by atoms with Crippen LogP contribution in [0.1, 0.15) is 31.4 Å². The molecule has 0 radical (unpaired) electrons. The van der Waals surface area contributed by atoms with Gasteiger partial charge < -0.3 is 87.8 Å². The lowest BCUT2D eigenvalue weighted by Gasteiger charge is -2.40. The Labute approximate surface area is 434 Å². The van der Waals surface area contributed by atoms with Crippen LogP contribution in [0.15, 0.2) is 30.5 Å². The Morgan fingerprint density at radius 1 is 0.680 bits per heavy atom. The molecule has 0 amide bonds. The van der Waals surface area contributed by atoms with Gasteiger partial charge in [-0.25, -0.2) is 17.9 Å². The number of benzene rings is 2. The minimum absolute atomic E-state index is 0.0614. The molecule has 4 rings (SSSR count). The SMILES string of the molecule is O=C(CCOCCOCCOCCOCCOCCOCCOCCOCCn1cc(CCCCNC(=S)Nc2ccc(O[C@H]3O[C@H](CCP(=O)(O)O)[C@@H](O)[C@H](O)[C@@H]3O)cc2)nn1)Oc1c(F)c(F)c(F)c(F)c1F. The maximum absolute atomic E-state index is 13.6. The minimum Gasteiger partial charge on any atom is -0.462 e. The highest BCUT2D eigenvalue weighted by Crippen LogP contribution is 2.37. The Kier molecular flexibility index (Phi) is 29.8. The molecule has 424 valence electrons. The molecule has 7 N–H and O–H groups in total. The molecule has 1 aliphatic rings. The zero-order chi connectivity index (χ0) is 54.4. The molecule has 75 heavy (non-hydrogen) atoms. The van der Waals surface area contributed by atoms with Crippen LogP contribution < -0.4 is 20.1 Å². The number of nitrogens with zero attached hydrogens (tertiary/aromatic N) is 3. The smallest absolute Gasteiger partial charge is 0.325 e.